The molecule has 1 aromatic rings. The zero-order valence-electron chi connectivity index (χ0n) is 12.1. The molecule has 0 bridgehead atoms. The number of hydrogen-bond acceptors (Lipinski definition) is 3. The Morgan fingerprint density at radius 1 is 1.53 bits per heavy atom. The second-order valence-corrected chi connectivity index (χ2v) is 6.99. The van der Waals surface area contributed by atoms with Crippen LogP contribution in [0.3, 0.4) is 0 Å². The van der Waals surface area contributed by atoms with Gasteiger partial charge in [0, 0.05) is 22.3 Å². The molecule has 0 radical (unpaired) electrons. The highest BCUT2D eigenvalue weighted by atomic mass is 32.1. The summed E-state index contributed by atoms with van der Waals surface area (Å²) in [6.07, 6.45) is 2.14. The average Bonchev–Trinajstić information content (AvgIpc) is 2.81. The summed E-state index contributed by atoms with van der Waals surface area (Å²) in [4.78, 5) is 17.3. The smallest absolute Gasteiger partial charge is 0.227 e. The van der Waals surface area contributed by atoms with Crippen molar-refractivity contribution in [2.45, 2.75) is 46.2 Å². The van der Waals surface area contributed by atoms with E-state index in [1.54, 1.807) is 11.3 Å². The first-order valence-corrected chi connectivity index (χ1v) is 7.96. The summed E-state index contributed by atoms with van der Waals surface area (Å²) in [6, 6.07) is 4.53. The van der Waals surface area contributed by atoms with Gasteiger partial charge >= 0.3 is 0 Å². The number of carbonyl (C=O) groups is 1. The SMILES string of the molecule is Cc1ccc(CN(C(=O)C2CCCNC2)C(C)C)s1. The Balaban J connectivity index is 2.04. The van der Waals surface area contributed by atoms with Gasteiger partial charge in [-0.3, -0.25) is 4.79 Å². The predicted octanol–water partition coefficient (Wildman–Crippen LogP) is 2.79. The van der Waals surface area contributed by atoms with E-state index >= 15 is 0 Å². The van der Waals surface area contributed by atoms with Gasteiger partial charge in [0.1, 0.15) is 0 Å². The Morgan fingerprint density at radius 2 is 2.32 bits per heavy atom. The zero-order chi connectivity index (χ0) is 13.8. The Kier molecular flexibility index (Phi) is 4.99. The van der Waals surface area contributed by atoms with Crippen LogP contribution >= 0.6 is 11.3 Å². The minimum atomic E-state index is 0.164. The lowest BCUT2D eigenvalue weighted by atomic mass is 9.97. The van der Waals surface area contributed by atoms with Crippen LogP contribution in [0.2, 0.25) is 0 Å². The van der Waals surface area contributed by atoms with Gasteiger partial charge in [0.15, 0.2) is 0 Å². The molecular weight excluding hydrogens is 256 g/mol. The fourth-order valence-electron chi connectivity index (χ4n) is 2.55. The molecule has 19 heavy (non-hydrogen) atoms. The van der Waals surface area contributed by atoms with E-state index in [4.69, 9.17) is 0 Å². The molecule has 1 saturated heterocycles. The molecule has 0 aliphatic carbocycles. The Labute approximate surface area is 120 Å². The minimum absolute atomic E-state index is 0.164. The van der Waals surface area contributed by atoms with Crippen molar-refractivity contribution >= 4 is 17.2 Å². The molecule has 0 spiro atoms. The van der Waals surface area contributed by atoms with Crippen molar-refractivity contribution < 1.29 is 4.79 Å². The highest BCUT2D eigenvalue weighted by Crippen LogP contribution is 2.21. The Hall–Kier alpha value is -0.870. The van der Waals surface area contributed by atoms with E-state index < -0.39 is 0 Å². The van der Waals surface area contributed by atoms with E-state index in [1.165, 1.54) is 9.75 Å². The molecule has 1 amide bonds. The summed E-state index contributed by atoms with van der Waals surface area (Å²) >= 11 is 1.79. The van der Waals surface area contributed by atoms with Crippen molar-refractivity contribution in [1.82, 2.24) is 10.2 Å². The van der Waals surface area contributed by atoms with Crippen molar-refractivity contribution in [1.29, 1.82) is 0 Å². The van der Waals surface area contributed by atoms with Gasteiger partial charge in [0.05, 0.1) is 12.5 Å². The van der Waals surface area contributed by atoms with Gasteiger partial charge in [-0.25, -0.2) is 0 Å². The van der Waals surface area contributed by atoms with Crippen LogP contribution in [0.4, 0.5) is 0 Å². The van der Waals surface area contributed by atoms with Crippen LogP contribution in [-0.4, -0.2) is 29.9 Å². The number of nitrogens with zero attached hydrogens (tertiary/aromatic N) is 1. The van der Waals surface area contributed by atoms with E-state index in [2.05, 4.69) is 38.2 Å². The monoisotopic (exact) mass is 280 g/mol. The molecule has 0 saturated carbocycles. The average molecular weight is 280 g/mol. The van der Waals surface area contributed by atoms with Gasteiger partial charge in [-0.2, -0.15) is 0 Å². The second kappa shape index (κ2) is 6.53. The summed E-state index contributed by atoms with van der Waals surface area (Å²) in [5.41, 5.74) is 0. The predicted molar refractivity (Wildman–Crippen MR) is 80.3 cm³/mol. The Bertz CT molecular complexity index is 422. The molecule has 4 heteroatoms. The van der Waals surface area contributed by atoms with Crippen molar-refractivity contribution in [2.24, 2.45) is 5.92 Å². The number of thiophene rings is 1. The van der Waals surface area contributed by atoms with Gasteiger partial charge in [-0.15, -0.1) is 11.3 Å². The molecule has 1 unspecified atom stereocenters. The number of hydrogen-bond donors (Lipinski definition) is 1. The summed E-state index contributed by atoms with van der Waals surface area (Å²) in [6.45, 7) is 8.97. The number of rotatable bonds is 4. The number of amides is 1. The van der Waals surface area contributed by atoms with Gasteiger partial charge in [0.25, 0.3) is 0 Å². The van der Waals surface area contributed by atoms with Crippen molar-refractivity contribution in [3.63, 3.8) is 0 Å². The molecule has 1 aliphatic heterocycles. The third-order valence-corrected chi connectivity index (χ3v) is 4.66. The van der Waals surface area contributed by atoms with Gasteiger partial charge < -0.3 is 10.2 Å². The number of carbonyl (C=O) groups excluding carboxylic acids is 1. The maximum atomic E-state index is 12.6. The first-order chi connectivity index (χ1) is 9.08. The molecule has 1 atom stereocenters. The second-order valence-electron chi connectivity index (χ2n) is 5.62. The first kappa shape index (κ1) is 14.5. The van der Waals surface area contributed by atoms with Crippen LogP contribution in [-0.2, 0) is 11.3 Å². The van der Waals surface area contributed by atoms with Crippen LogP contribution in [0, 0.1) is 12.8 Å². The molecule has 1 aromatic heterocycles. The topological polar surface area (TPSA) is 32.3 Å². The van der Waals surface area contributed by atoms with Crippen LogP contribution in [0.5, 0.6) is 0 Å². The fourth-order valence-corrected chi connectivity index (χ4v) is 3.44. The van der Waals surface area contributed by atoms with Crippen molar-refractivity contribution in [3.8, 4) is 0 Å². The van der Waals surface area contributed by atoms with E-state index in [0.717, 1.165) is 32.5 Å². The third kappa shape index (κ3) is 3.80. The Morgan fingerprint density at radius 3 is 2.84 bits per heavy atom. The third-order valence-electron chi connectivity index (χ3n) is 3.67. The quantitative estimate of drug-likeness (QED) is 0.920. The van der Waals surface area contributed by atoms with E-state index in [1.807, 2.05) is 4.90 Å². The maximum Gasteiger partial charge on any atom is 0.227 e. The molecule has 1 N–H and O–H groups in total. The zero-order valence-corrected chi connectivity index (χ0v) is 12.9. The largest absolute Gasteiger partial charge is 0.335 e. The molecular formula is C15H24N2OS. The lowest BCUT2D eigenvalue weighted by Gasteiger charge is -2.32. The van der Waals surface area contributed by atoms with Crippen LogP contribution in [0.1, 0.15) is 36.4 Å². The minimum Gasteiger partial charge on any atom is -0.335 e. The standard InChI is InChI=1S/C15H24N2OS/c1-11(2)17(10-14-7-6-12(3)19-14)15(18)13-5-4-8-16-9-13/h6-7,11,13,16H,4-5,8-10H2,1-3H3. The fraction of sp³-hybridized carbons (Fsp3) is 0.667. The summed E-state index contributed by atoms with van der Waals surface area (Å²) in [5.74, 6) is 0.477. The highest BCUT2D eigenvalue weighted by molar-refractivity contribution is 7.11. The lowest BCUT2D eigenvalue weighted by Crippen LogP contribution is -2.45. The van der Waals surface area contributed by atoms with E-state index in [-0.39, 0.29) is 12.0 Å². The lowest BCUT2D eigenvalue weighted by molar-refractivity contribution is -0.138. The molecule has 1 fully saturated rings. The van der Waals surface area contributed by atoms with E-state index in [9.17, 15) is 4.79 Å². The number of aryl methyl sites for hydroxylation is 1. The van der Waals surface area contributed by atoms with Gasteiger partial charge in [0.2, 0.25) is 5.91 Å². The van der Waals surface area contributed by atoms with Crippen molar-refractivity contribution in [2.75, 3.05) is 13.1 Å². The maximum absolute atomic E-state index is 12.6. The molecule has 3 nitrogen and oxygen atoms in total. The normalized spacial score (nSPS) is 19.7. The van der Waals surface area contributed by atoms with Crippen molar-refractivity contribution in [3.05, 3.63) is 21.9 Å². The summed E-state index contributed by atoms with van der Waals surface area (Å²) < 4.78 is 0. The van der Waals surface area contributed by atoms with Crippen LogP contribution in [0.25, 0.3) is 0 Å². The summed E-state index contributed by atoms with van der Waals surface area (Å²) in [5, 5.41) is 3.33. The summed E-state index contributed by atoms with van der Waals surface area (Å²) in [7, 11) is 0. The highest BCUT2D eigenvalue weighted by Gasteiger charge is 2.27. The van der Waals surface area contributed by atoms with E-state index in [0.29, 0.717) is 5.91 Å². The number of nitrogens with one attached hydrogen (secondary N) is 1. The van der Waals surface area contributed by atoms with Crippen LogP contribution in [0.15, 0.2) is 12.1 Å². The van der Waals surface area contributed by atoms with Gasteiger partial charge in [-0.05, 0) is 52.3 Å². The molecule has 2 rings (SSSR count). The molecule has 1 aliphatic rings. The number of piperidine rings is 1. The molecule has 106 valence electrons. The molecule has 0 aromatic carbocycles. The first-order valence-electron chi connectivity index (χ1n) is 7.14. The molecule has 2 heterocycles. The van der Waals surface area contributed by atoms with Crippen LogP contribution < -0.4 is 5.32 Å². The van der Waals surface area contributed by atoms with Gasteiger partial charge in [-0.1, -0.05) is 0 Å².